The van der Waals surface area contributed by atoms with Crippen LogP contribution in [-0.4, -0.2) is 22.6 Å². The van der Waals surface area contributed by atoms with Crippen LogP contribution < -0.4 is 10.6 Å². The predicted molar refractivity (Wildman–Crippen MR) is 126 cm³/mol. The van der Waals surface area contributed by atoms with Crippen LogP contribution in [0, 0.1) is 23.7 Å². The Kier molecular flexibility index (Phi) is 6.09. The molecular formula is C25H40P2. The van der Waals surface area contributed by atoms with Gasteiger partial charge in [-0.2, -0.15) is 0 Å². The summed E-state index contributed by atoms with van der Waals surface area (Å²) < 4.78 is 0. The van der Waals surface area contributed by atoms with Crippen molar-refractivity contribution >= 4 is 26.5 Å². The molecule has 0 N–H and O–H groups in total. The zero-order valence-electron chi connectivity index (χ0n) is 18.4. The Bertz CT molecular complexity index is 596. The molecule has 0 amide bonds. The molecule has 0 saturated carbocycles. The first-order chi connectivity index (χ1) is 12.9. The van der Waals surface area contributed by atoms with Crippen molar-refractivity contribution in [3.63, 3.8) is 0 Å². The van der Waals surface area contributed by atoms with Gasteiger partial charge in [0.15, 0.2) is 0 Å². The van der Waals surface area contributed by atoms with Gasteiger partial charge in [-0.1, -0.05) is 81.7 Å². The quantitative estimate of drug-likeness (QED) is 0.470. The van der Waals surface area contributed by atoms with E-state index in [4.69, 9.17) is 0 Å². The summed E-state index contributed by atoms with van der Waals surface area (Å²) in [5, 5.41) is 3.72. The van der Waals surface area contributed by atoms with Crippen molar-refractivity contribution in [2.45, 2.75) is 96.3 Å². The number of hydrogen-bond acceptors (Lipinski definition) is 0. The van der Waals surface area contributed by atoms with E-state index in [2.05, 4.69) is 65.8 Å². The molecule has 5 unspecified atom stereocenters. The second-order valence-electron chi connectivity index (χ2n) is 10.4. The van der Waals surface area contributed by atoms with Crippen molar-refractivity contribution < 1.29 is 0 Å². The maximum absolute atomic E-state index is 2.62. The van der Waals surface area contributed by atoms with E-state index in [1.165, 1.54) is 32.1 Å². The highest BCUT2D eigenvalue weighted by atomic mass is 31.1. The number of fused-ring (bicyclic) bond motifs is 5. The minimum Gasteiger partial charge on any atom is -0.0677 e. The zero-order chi connectivity index (χ0) is 19.3. The molecule has 1 aromatic carbocycles. The Hall–Kier alpha value is 0.0800. The van der Waals surface area contributed by atoms with Crippen LogP contribution >= 0.6 is 15.8 Å². The van der Waals surface area contributed by atoms with E-state index in [1.807, 2.05) is 10.6 Å². The molecule has 8 atom stereocenters. The van der Waals surface area contributed by atoms with Crippen LogP contribution in [0.2, 0.25) is 0 Å². The highest BCUT2D eigenvalue weighted by Gasteiger charge is 2.48. The Morgan fingerprint density at radius 2 is 1.11 bits per heavy atom. The van der Waals surface area contributed by atoms with E-state index in [0.29, 0.717) is 0 Å². The van der Waals surface area contributed by atoms with Crippen molar-refractivity contribution in [3.05, 3.63) is 24.3 Å². The summed E-state index contributed by atoms with van der Waals surface area (Å²) in [6, 6.07) is 9.91. The lowest BCUT2D eigenvalue weighted by Gasteiger charge is -2.35. The Balaban J connectivity index is 1.87. The first kappa shape index (κ1) is 20.4. The van der Waals surface area contributed by atoms with Crippen LogP contribution in [-0.2, 0) is 0 Å². The Morgan fingerprint density at radius 3 is 1.48 bits per heavy atom. The van der Waals surface area contributed by atoms with Crippen molar-refractivity contribution in [1.29, 1.82) is 0 Å². The fourth-order valence-corrected chi connectivity index (χ4v) is 15.3. The summed E-state index contributed by atoms with van der Waals surface area (Å²) in [5.74, 6) is 3.51. The average Bonchev–Trinajstić information content (AvgIpc) is 3.25. The molecule has 0 aliphatic carbocycles. The van der Waals surface area contributed by atoms with Gasteiger partial charge in [0, 0.05) is 0 Å². The lowest BCUT2D eigenvalue weighted by Crippen LogP contribution is -2.32. The standard InChI is InChI=1S/C25H40P2/c1-16(2)20-11-13-22-18(5)15-19(6)23-14-12-21(17(3)4)27(23)25-10-8-7-9-24(25)26(20)22/h7-10,16-23H,11-15H2,1-6H3/t18-,19?,20-,21?,22?,23-,26?,27?/m1/s1. The maximum Gasteiger partial charge on any atom is -0.0140 e. The second kappa shape index (κ2) is 8.07. The summed E-state index contributed by atoms with van der Waals surface area (Å²) in [6.07, 6.45) is 7.43. The molecule has 0 nitrogen and oxygen atoms in total. The summed E-state index contributed by atoms with van der Waals surface area (Å²) in [7, 11) is -0.00638. The second-order valence-corrected chi connectivity index (χ2v) is 15.7. The predicted octanol–water partition coefficient (Wildman–Crippen LogP) is 6.95. The van der Waals surface area contributed by atoms with Gasteiger partial charge in [-0.3, -0.25) is 0 Å². The summed E-state index contributed by atoms with van der Waals surface area (Å²) in [5.41, 5.74) is 3.86. The molecule has 0 spiro atoms. The van der Waals surface area contributed by atoms with Gasteiger partial charge < -0.3 is 0 Å². The van der Waals surface area contributed by atoms with E-state index < -0.39 is 0 Å². The third-order valence-corrected chi connectivity index (χ3v) is 16.2. The largest absolute Gasteiger partial charge is 0.0677 e. The molecule has 3 heterocycles. The van der Waals surface area contributed by atoms with Gasteiger partial charge in [-0.15, -0.1) is 0 Å². The molecule has 3 aliphatic heterocycles. The number of rotatable bonds is 2. The van der Waals surface area contributed by atoms with E-state index in [-0.39, 0.29) is 15.8 Å². The minimum absolute atomic E-state index is 0.00319. The van der Waals surface area contributed by atoms with Crippen LogP contribution in [0.5, 0.6) is 0 Å². The molecule has 150 valence electrons. The average molecular weight is 403 g/mol. The van der Waals surface area contributed by atoms with Gasteiger partial charge in [0.05, 0.1) is 0 Å². The molecule has 0 bridgehead atoms. The Morgan fingerprint density at radius 1 is 0.704 bits per heavy atom. The molecule has 0 radical (unpaired) electrons. The van der Waals surface area contributed by atoms with Crippen molar-refractivity contribution in [2.75, 3.05) is 0 Å². The van der Waals surface area contributed by atoms with E-state index in [9.17, 15) is 0 Å². The minimum atomic E-state index is -0.00319. The van der Waals surface area contributed by atoms with Crippen LogP contribution in [0.3, 0.4) is 0 Å². The van der Waals surface area contributed by atoms with Gasteiger partial charge in [-0.25, -0.2) is 0 Å². The van der Waals surface area contributed by atoms with Crippen LogP contribution in [0.15, 0.2) is 24.3 Å². The molecule has 27 heavy (non-hydrogen) atoms. The van der Waals surface area contributed by atoms with Crippen LogP contribution in [0.25, 0.3) is 0 Å². The molecule has 2 saturated heterocycles. The first-order valence-electron chi connectivity index (χ1n) is 11.6. The molecule has 4 rings (SSSR count). The van der Waals surface area contributed by atoms with Crippen LogP contribution in [0.1, 0.15) is 73.6 Å². The number of hydrogen-bond donors (Lipinski definition) is 0. The highest BCUT2D eigenvalue weighted by Crippen LogP contribution is 2.66. The lowest BCUT2D eigenvalue weighted by molar-refractivity contribution is 0.381. The third kappa shape index (κ3) is 3.57. The summed E-state index contributed by atoms with van der Waals surface area (Å²) >= 11 is 0. The topological polar surface area (TPSA) is 0 Å². The molecule has 3 aliphatic rings. The maximum atomic E-state index is 2.62. The van der Waals surface area contributed by atoms with Gasteiger partial charge in [0.2, 0.25) is 0 Å². The zero-order valence-corrected chi connectivity index (χ0v) is 20.1. The third-order valence-electron chi connectivity index (χ3n) is 7.98. The summed E-state index contributed by atoms with van der Waals surface area (Å²) in [4.78, 5) is 0. The summed E-state index contributed by atoms with van der Waals surface area (Å²) in [6.45, 7) is 15.2. The molecule has 0 aromatic heterocycles. The van der Waals surface area contributed by atoms with E-state index >= 15 is 0 Å². The van der Waals surface area contributed by atoms with Gasteiger partial charge in [-0.05, 0) is 89.0 Å². The van der Waals surface area contributed by atoms with Gasteiger partial charge in [0.1, 0.15) is 0 Å². The Labute approximate surface area is 170 Å². The monoisotopic (exact) mass is 402 g/mol. The van der Waals surface area contributed by atoms with Crippen LogP contribution in [0.4, 0.5) is 0 Å². The fraction of sp³-hybridized carbons (Fsp3) is 0.760. The van der Waals surface area contributed by atoms with E-state index in [0.717, 1.165) is 46.3 Å². The SMILES string of the molecule is CC(C)C1CC[C@@H]2C(C)C[C@@H](C)C3CC[C@H](C(C)C)P3c3ccccc3P12. The van der Waals surface area contributed by atoms with Crippen molar-refractivity contribution in [3.8, 4) is 0 Å². The van der Waals surface area contributed by atoms with Gasteiger partial charge >= 0.3 is 0 Å². The molecule has 1 aromatic rings. The smallest absolute Gasteiger partial charge is 0.0140 e. The number of benzene rings is 1. The molecular weight excluding hydrogens is 362 g/mol. The first-order valence-corrected chi connectivity index (χ1v) is 14.5. The van der Waals surface area contributed by atoms with E-state index in [1.54, 1.807) is 0 Å². The highest BCUT2D eigenvalue weighted by molar-refractivity contribution is 7.73. The lowest BCUT2D eigenvalue weighted by atomic mass is 9.88. The van der Waals surface area contributed by atoms with Crippen molar-refractivity contribution in [1.82, 2.24) is 0 Å². The fourth-order valence-electron chi connectivity index (χ4n) is 6.67. The van der Waals surface area contributed by atoms with Gasteiger partial charge in [0.25, 0.3) is 0 Å². The molecule has 2 heteroatoms. The normalized spacial score (nSPS) is 41.6. The molecule has 2 fully saturated rings. The van der Waals surface area contributed by atoms with Crippen molar-refractivity contribution in [2.24, 2.45) is 23.7 Å².